The third kappa shape index (κ3) is 3.78. The first-order chi connectivity index (χ1) is 16.8. The number of rotatable bonds is 6. The van der Waals surface area contributed by atoms with Crippen molar-refractivity contribution >= 4 is 23.5 Å². The molecule has 1 aromatic carbocycles. The van der Waals surface area contributed by atoms with Crippen molar-refractivity contribution in [3.8, 4) is 28.5 Å². The van der Waals surface area contributed by atoms with Gasteiger partial charge in [0.2, 0.25) is 0 Å². The van der Waals surface area contributed by atoms with E-state index in [1.807, 2.05) is 48.8 Å². The molecule has 0 amide bonds. The number of hydrogen-bond acceptors (Lipinski definition) is 8. The van der Waals surface area contributed by atoms with Crippen molar-refractivity contribution in [2.45, 2.75) is 23.3 Å². The Morgan fingerprint density at radius 1 is 0.882 bits per heavy atom. The Hall–Kier alpha value is -3.50. The van der Waals surface area contributed by atoms with Gasteiger partial charge in [-0.1, -0.05) is 41.7 Å². The number of thioether (sulfide) groups is 2. The van der Waals surface area contributed by atoms with Gasteiger partial charge in [0.1, 0.15) is 0 Å². The van der Waals surface area contributed by atoms with E-state index in [4.69, 9.17) is 0 Å². The summed E-state index contributed by atoms with van der Waals surface area (Å²) >= 11 is 3.43. The first-order valence-electron chi connectivity index (χ1n) is 10.8. The predicted octanol–water partition coefficient (Wildman–Crippen LogP) is 4.73. The first-order valence-corrected chi connectivity index (χ1v) is 12.8. The van der Waals surface area contributed by atoms with E-state index >= 15 is 0 Å². The zero-order chi connectivity index (χ0) is 22.9. The van der Waals surface area contributed by atoms with Crippen molar-refractivity contribution in [1.29, 1.82) is 0 Å². The number of fused-ring (bicyclic) bond motifs is 1. The first kappa shape index (κ1) is 21.1. The molecule has 0 bridgehead atoms. The van der Waals surface area contributed by atoms with E-state index in [1.165, 1.54) is 0 Å². The number of para-hydroxylation sites is 1. The number of benzene rings is 1. The van der Waals surface area contributed by atoms with Gasteiger partial charge in [-0.3, -0.25) is 19.1 Å². The van der Waals surface area contributed by atoms with Crippen molar-refractivity contribution in [1.82, 2.24) is 39.5 Å². The van der Waals surface area contributed by atoms with Gasteiger partial charge in [-0.25, -0.2) is 0 Å². The Bertz CT molecular complexity index is 1430. The summed E-state index contributed by atoms with van der Waals surface area (Å²) in [5, 5.41) is 19.8. The van der Waals surface area contributed by atoms with Gasteiger partial charge in [0.05, 0.1) is 11.7 Å². The van der Waals surface area contributed by atoms with Crippen LogP contribution in [0.3, 0.4) is 0 Å². The summed E-state index contributed by atoms with van der Waals surface area (Å²) < 4.78 is 4.36. The van der Waals surface area contributed by atoms with Crippen LogP contribution in [0.25, 0.3) is 28.5 Å². The van der Waals surface area contributed by atoms with Gasteiger partial charge in [0.25, 0.3) is 0 Å². The van der Waals surface area contributed by atoms with Crippen molar-refractivity contribution in [3.05, 3.63) is 78.9 Å². The molecule has 0 saturated carbocycles. The van der Waals surface area contributed by atoms with Crippen LogP contribution in [0.4, 0.5) is 0 Å². The summed E-state index contributed by atoms with van der Waals surface area (Å²) in [5.41, 5.74) is 4.13. The number of nitrogens with zero attached hydrogens (tertiary/aromatic N) is 8. The summed E-state index contributed by atoms with van der Waals surface area (Å²) in [4.78, 5) is 8.53. The molecule has 0 spiro atoms. The zero-order valence-corrected chi connectivity index (χ0v) is 19.9. The van der Waals surface area contributed by atoms with Crippen LogP contribution >= 0.6 is 23.5 Å². The van der Waals surface area contributed by atoms with Crippen LogP contribution in [0.5, 0.6) is 0 Å². The molecular weight excluding hydrogens is 464 g/mol. The molecule has 10 heteroatoms. The van der Waals surface area contributed by atoms with E-state index in [-0.39, 0.29) is 6.04 Å². The molecule has 4 aromatic heterocycles. The Kier molecular flexibility index (Phi) is 5.60. The largest absolute Gasteiger partial charge is 0.297 e. The summed E-state index contributed by atoms with van der Waals surface area (Å²) in [6.45, 7) is 2.11. The molecule has 0 radical (unpaired) electrons. The highest BCUT2D eigenvalue weighted by Crippen LogP contribution is 2.39. The summed E-state index contributed by atoms with van der Waals surface area (Å²) in [5.74, 6) is 3.41. The van der Waals surface area contributed by atoms with E-state index in [2.05, 4.69) is 58.6 Å². The molecule has 34 heavy (non-hydrogen) atoms. The molecule has 1 unspecified atom stereocenters. The van der Waals surface area contributed by atoms with Gasteiger partial charge in [0, 0.05) is 47.4 Å². The molecule has 5 aromatic rings. The molecule has 1 atom stereocenters. The fourth-order valence-corrected chi connectivity index (χ4v) is 6.26. The maximum absolute atomic E-state index is 4.59. The molecular formula is C24H20N8S2. The Morgan fingerprint density at radius 2 is 1.62 bits per heavy atom. The average molecular weight is 485 g/mol. The zero-order valence-electron chi connectivity index (χ0n) is 18.3. The minimum atomic E-state index is 0.235. The number of aromatic nitrogens is 8. The van der Waals surface area contributed by atoms with Crippen LogP contribution in [0.1, 0.15) is 11.6 Å². The lowest BCUT2D eigenvalue weighted by Gasteiger charge is -2.16. The van der Waals surface area contributed by atoms with Gasteiger partial charge in [-0.15, -0.1) is 20.4 Å². The molecule has 0 N–H and O–H groups in total. The van der Waals surface area contributed by atoms with E-state index in [0.29, 0.717) is 0 Å². The normalized spacial score (nSPS) is 14.9. The van der Waals surface area contributed by atoms with Crippen LogP contribution in [0, 0.1) is 6.92 Å². The topological polar surface area (TPSA) is 87.2 Å². The highest BCUT2D eigenvalue weighted by molar-refractivity contribution is 8.00. The molecule has 1 aliphatic rings. The molecule has 5 heterocycles. The van der Waals surface area contributed by atoms with Crippen LogP contribution < -0.4 is 0 Å². The highest BCUT2D eigenvalue weighted by atomic mass is 32.2. The van der Waals surface area contributed by atoms with Crippen LogP contribution in [0.2, 0.25) is 0 Å². The molecule has 6 rings (SSSR count). The maximum atomic E-state index is 4.59. The third-order valence-corrected chi connectivity index (χ3v) is 7.83. The van der Waals surface area contributed by atoms with Crippen LogP contribution in [0.15, 0.2) is 83.6 Å². The van der Waals surface area contributed by atoms with Gasteiger partial charge >= 0.3 is 0 Å². The second kappa shape index (κ2) is 9.03. The van der Waals surface area contributed by atoms with E-state index in [0.717, 1.165) is 55.8 Å². The predicted molar refractivity (Wildman–Crippen MR) is 133 cm³/mol. The smallest absolute Gasteiger partial charge is 0.196 e. The van der Waals surface area contributed by atoms with Crippen molar-refractivity contribution < 1.29 is 0 Å². The van der Waals surface area contributed by atoms with Crippen LogP contribution in [-0.4, -0.2) is 51.0 Å². The fraction of sp³-hybridized carbons (Fsp3) is 0.167. The molecule has 168 valence electrons. The molecule has 0 aliphatic carbocycles. The van der Waals surface area contributed by atoms with Crippen molar-refractivity contribution in [2.75, 3.05) is 11.5 Å². The van der Waals surface area contributed by atoms with E-state index in [9.17, 15) is 0 Å². The Balaban J connectivity index is 1.34. The van der Waals surface area contributed by atoms with Gasteiger partial charge in [0.15, 0.2) is 22.0 Å². The Labute approximate surface area is 204 Å². The molecule has 8 nitrogen and oxygen atoms in total. The summed E-state index contributed by atoms with van der Waals surface area (Å²) in [6.07, 6.45) is 7.19. The molecule has 1 aliphatic heterocycles. The van der Waals surface area contributed by atoms with Crippen molar-refractivity contribution in [2.24, 2.45) is 0 Å². The number of pyridine rings is 2. The lowest BCUT2D eigenvalue weighted by Crippen LogP contribution is -2.12. The van der Waals surface area contributed by atoms with Crippen molar-refractivity contribution in [3.63, 3.8) is 0 Å². The number of hydrogen-bond donors (Lipinski definition) is 0. The average Bonchev–Trinajstić information content (AvgIpc) is 3.60. The highest BCUT2D eigenvalue weighted by Gasteiger charge is 2.29. The minimum absolute atomic E-state index is 0.235. The monoisotopic (exact) mass is 484 g/mol. The SMILES string of the molecule is Cc1ccccc1-n1c(SCC2CSc3nnc(-c4cccnc4)n32)nnc1-c1cccnc1. The summed E-state index contributed by atoms with van der Waals surface area (Å²) in [7, 11) is 0. The van der Waals surface area contributed by atoms with E-state index in [1.54, 1.807) is 35.9 Å². The van der Waals surface area contributed by atoms with E-state index < -0.39 is 0 Å². The van der Waals surface area contributed by atoms with Gasteiger partial charge in [-0.2, -0.15) is 0 Å². The second-order valence-electron chi connectivity index (χ2n) is 7.86. The quantitative estimate of drug-likeness (QED) is 0.320. The third-order valence-electron chi connectivity index (χ3n) is 5.67. The fourth-order valence-electron chi connectivity index (χ4n) is 4.01. The second-order valence-corrected chi connectivity index (χ2v) is 9.84. The molecule has 0 saturated heterocycles. The van der Waals surface area contributed by atoms with Gasteiger partial charge in [-0.05, 0) is 42.8 Å². The van der Waals surface area contributed by atoms with Gasteiger partial charge < -0.3 is 0 Å². The summed E-state index contributed by atoms with van der Waals surface area (Å²) in [6, 6.07) is 16.4. The lowest BCUT2D eigenvalue weighted by atomic mass is 10.2. The lowest BCUT2D eigenvalue weighted by molar-refractivity contribution is 0.596. The Morgan fingerprint density at radius 3 is 2.35 bits per heavy atom. The maximum Gasteiger partial charge on any atom is 0.196 e. The minimum Gasteiger partial charge on any atom is -0.297 e. The number of aryl methyl sites for hydroxylation is 1. The standard InChI is InChI=1S/C24H20N8S2/c1-16-6-2-3-9-20(16)32-22(18-8-5-11-26-13-18)28-30-24(32)34-15-19-14-33-23-29-27-21(31(19)23)17-7-4-10-25-12-17/h2-13,19H,14-15H2,1H3. The van der Waals surface area contributed by atoms with Crippen LogP contribution in [-0.2, 0) is 0 Å². The molecule has 0 fully saturated rings.